The Balaban J connectivity index is 1.77. The number of nitriles is 1. The maximum absolute atomic E-state index is 12.7. The van der Waals surface area contributed by atoms with Gasteiger partial charge < -0.3 is 15.4 Å². The summed E-state index contributed by atoms with van der Waals surface area (Å²) in [6, 6.07) is 19.6. The smallest absolute Gasteiger partial charge is 0.266 e. The molecule has 3 aromatic carbocycles. The highest BCUT2D eigenvalue weighted by Gasteiger charge is 2.14. The van der Waals surface area contributed by atoms with E-state index in [0.717, 1.165) is 16.7 Å². The molecule has 0 heterocycles. The van der Waals surface area contributed by atoms with Crippen molar-refractivity contribution in [2.24, 2.45) is 0 Å². The second-order valence-corrected chi connectivity index (χ2v) is 8.14. The van der Waals surface area contributed by atoms with E-state index in [0.29, 0.717) is 27.7 Å². The van der Waals surface area contributed by atoms with E-state index in [9.17, 15) is 14.9 Å². The predicted molar refractivity (Wildman–Crippen MR) is 135 cm³/mol. The molecule has 0 unspecified atom stereocenters. The van der Waals surface area contributed by atoms with E-state index in [1.807, 2.05) is 57.2 Å². The molecule has 0 aliphatic carbocycles. The third kappa shape index (κ3) is 6.25. The van der Waals surface area contributed by atoms with Crippen LogP contribution in [0.4, 0.5) is 11.4 Å². The number of halogens is 1. The molecule has 2 amide bonds. The average molecular weight is 474 g/mol. The molecule has 0 saturated carbocycles. The molecular formula is C27H24ClN3O3. The van der Waals surface area contributed by atoms with Crippen LogP contribution in [-0.2, 0) is 9.59 Å². The summed E-state index contributed by atoms with van der Waals surface area (Å²) in [7, 11) is 0. The number of carbonyl (C=O) groups is 2. The Morgan fingerprint density at radius 3 is 2.41 bits per heavy atom. The zero-order valence-electron chi connectivity index (χ0n) is 19.1. The summed E-state index contributed by atoms with van der Waals surface area (Å²) in [5.74, 6) is -0.580. The van der Waals surface area contributed by atoms with Gasteiger partial charge in [-0.2, -0.15) is 5.26 Å². The number of rotatable bonds is 7. The number of hydrogen-bond donors (Lipinski definition) is 2. The van der Waals surface area contributed by atoms with Gasteiger partial charge in [-0.15, -0.1) is 0 Å². The number of carbonyl (C=O) groups excluding carboxylic acids is 2. The van der Waals surface area contributed by atoms with Crippen LogP contribution < -0.4 is 15.4 Å². The quantitative estimate of drug-likeness (QED) is 0.333. The lowest BCUT2D eigenvalue weighted by atomic mass is 10.1. The fourth-order valence-corrected chi connectivity index (χ4v) is 3.37. The van der Waals surface area contributed by atoms with Crippen LogP contribution in [0.3, 0.4) is 0 Å². The fraction of sp³-hybridized carbons (Fsp3) is 0.148. The van der Waals surface area contributed by atoms with Crippen molar-refractivity contribution in [3.8, 4) is 11.8 Å². The van der Waals surface area contributed by atoms with Gasteiger partial charge in [0.05, 0.1) is 0 Å². The van der Waals surface area contributed by atoms with Gasteiger partial charge in [0.25, 0.3) is 11.8 Å². The van der Waals surface area contributed by atoms with Crippen LogP contribution in [-0.4, -0.2) is 18.4 Å². The van der Waals surface area contributed by atoms with Crippen molar-refractivity contribution in [3.63, 3.8) is 0 Å². The van der Waals surface area contributed by atoms with E-state index in [1.54, 1.807) is 30.3 Å². The Morgan fingerprint density at radius 1 is 0.971 bits per heavy atom. The third-order valence-electron chi connectivity index (χ3n) is 5.27. The summed E-state index contributed by atoms with van der Waals surface area (Å²) in [5.41, 5.74) is 4.51. The second kappa shape index (κ2) is 11.2. The van der Waals surface area contributed by atoms with E-state index in [4.69, 9.17) is 16.3 Å². The number of anilines is 2. The molecule has 0 bridgehead atoms. The normalized spacial score (nSPS) is 10.9. The lowest BCUT2D eigenvalue weighted by Crippen LogP contribution is -2.21. The molecule has 0 aromatic heterocycles. The first-order chi connectivity index (χ1) is 16.3. The fourth-order valence-electron chi connectivity index (χ4n) is 3.19. The Morgan fingerprint density at radius 2 is 1.68 bits per heavy atom. The molecule has 3 rings (SSSR count). The van der Waals surface area contributed by atoms with Gasteiger partial charge in [-0.05, 0) is 73.9 Å². The predicted octanol–water partition coefficient (Wildman–Crippen LogP) is 5.83. The number of aryl methyl sites for hydroxylation is 2. The van der Waals surface area contributed by atoms with Crippen LogP contribution in [0.15, 0.2) is 66.2 Å². The van der Waals surface area contributed by atoms with Crippen molar-refractivity contribution in [1.82, 2.24) is 0 Å². The first-order valence-corrected chi connectivity index (χ1v) is 10.9. The van der Waals surface area contributed by atoms with Gasteiger partial charge in [0.15, 0.2) is 6.61 Å². The molecule has 0 aliphatic rings. The molecule has 34 heavy (non-hydrogen) atoms. The summed E-state index contributed by atoms with van der Waals surface area (Å²) >= 11 is 6.13. The highest BCUT2D eigenvalue weighted by molar-refractivity contribution is 6.30. The SMILES string of the molecule is Cc1ccccc1NC(=O)/C(C#N)=C\c1cc(Cl)ccc1OCC(=O)Nc1cccc(C)c1C. The minimum atomic E-state index is -0.560. The average Bonchev–Trinajstić information content (AvgIpc) is 2.81. The largest absolute Gasteiger partial charge is 0.483 e. The van der Waals surface area contributed by atoms with E-state index in [2.05, 4.69) is 10.6 Å². The van der Waals surface area contributed by atoms with Crippen molar-refractivity contribution in [1.29, 1.82) is 5.26 Å². The van der Waals surface area contributed by atoms with Crippen LogP contribution in [0.1, 0.15) is 22.3 Å². The maximum Gasteiger partial charge on any atom is 0.266 e. The number of para-hydroxylation sites is 1. The van der Waals surface area contributed by atoms with E-state index in [1.165, 1.54) is 6.08 Å². The molecule has 0 spiro atoms. The van der Waals surface area contributed by atoms with Crippen molar-refractivity contribution in [2.45, 2.75) is 20.8 Å². The third-order valence-corrected chi connectivity index (χ3v) is 5.50. The highest BCUT2D eigenvalue weighted by Crippen LogP contribution is 2.26. The Hall–Kier alpha value is -4.08. The molecule has 0 saturated heterocycles. The van der Waals surface area contributed by atoms with Crippen LogP contribution in [0.2, 0.25) is 5.02 Å². The minimum absolute atomic E-state index is 0.129. The summed E-state index contributed by atoms with van der Waals surface area (Å²) in [6.07, 6.45) is 1.39. The molecule has 2 N–H and O–H groups in total. The van der Waals surface area contributed by atoms with Crippen LogP contribution >= 0.6 is 11.6 Å². The summed E-state index contributed by atoms with van der Waals surface area (Å²) in [4.78, 5) is 25.1. The van der Waals surface area contributed by atoms with Crippen LogP contribution in [0.5, 0.6) is 5.75 Å². The molecular weight excluding hydrogens is 450 g/mol. The molecule has 7 heteroatoms. The summed E-state index contributed by atoms with van der Waals surface area (Å²) < 4.78 is 5.70. The molecule has 3 aromatic rings. The number of nitrogens with one attached hydrogen (secondary N) is 2. The van der Waals surface area contributed by atoms with Gasteiger partial charge in [-0.3, -0.25) is 9.59 Å². The monoisotopic (exact) mass is 473 g/mol. The second-order valence-electron chi connectivity index (χ2n) is 7.71. The molecule has 172 valence electrons. The first kappa shape index (κ1) is 24.6. The van der Waals surface area contributed by atoms with Gasteiger partial charge >= 0.3 is 0 Å². The van der Waals surface area contributed by atoms with Gasteiger partial charge in [0.1, 0.15) is 17.4 Å². The van der Waals surface area contributed by atoms with Crippen molar-refractivity contribution < 1.29 is 14.3 Å². The van der Waals surface area contributed by atoms with Crippen LogP contribution in [0.25, 0.3) is 6.08 Å². The molecule has 6 nitrogen and oxygen atoms in total. The lowest BCUT2D eigenvalue weighted by Gasteiger charge is -2.13. The lowest BCUT2D eigenvalue weighted by molar-refractivity contribution is -0.118. The van der Waals surface area contributed by atoms with Gasteiger partial charge in [0, 0.05) is 22.0 Å². The Labute approximate surface area is 203 Å². The molecule has 0 aliphatic heterocycles. The highest BCUT2D eigenvalue weighted by atomic mass is 35.5. The standard InChI is InChI=1S/C27H24ClN3O3/c1-17-8-6-10-24(19(17)3)30-26(32)16-34-25-12-11-22(28)14-20(25)13-21(15-29)27(33)31-23-9-5-4-7-18(23)2/h4-14H,16H2,1-3H3,(H,30,32)(H,31,33)/b21-13-. The molecule has 0 fully saturated rings. The summed E-state index contributed by atoms with van der Waals surface area (Å²) in [5, 5.41) is 15.5. The zero-order chi connectivity index (χ0) is 24.7. The summed E-state index contributed by atoms with van der Waals surface area (Å²) in [6.45, 7) is 5.50. The number of nitrogens with zero attached hydrogens (tertiary/aromatic N) is 1. The van der Waals surface area contributed by atoms with Crippen LogP contribution in [0, 0.1) is 32.1 Å². The van der Waals surface area contributed by atoms with E-state index < -0.39 is 5.91 Å². The minimum Gasteiger partial charge on any atom is -0.483 e. The van der Waals surface area contributed by atoms with E-state index >= 15 is 0 Å². The maximum atomic E-state index is 12.7. The molecule has 0 radical (unpaired) electrons. The van der Waals surface area contributed by atoms with Crippen molar-refractivity contribution >= 4 is 40.9 Å². The number of hydrogen-bond acceptors (Lipinski definition) is 4. The van der Waals surface area contributed by atoms with Crippen molar-refractivity contribution in [3.05, 3.63) is 93.5 Å². The Kier molecular flexibility index (Phi) is 8.07. The van der Waals surface area contributed by atoms with Gasteiger partial charge in [0.2, 0.25) is 0 Å². The van der Waals surface area contributed by atoms with Gasteiger partial charge in [-0.25, -0.2) is 0 Å². The number of benzene rings is 3. The molecule has 0 atom stereocenters. The van der Waals surface area contributed by atoms with E-state index in [-0.39, 0.29) is 18.1 Å². The van der Waals surface area contributed by atoms with Crippen molar-refractivity contribution in [2.75, 3.05) is 17.2 Å². The van der Waals surface area contributed by atoms with Gasteiger partial charge in [-0.1, -0.05) is 41.9 Å². The Bertz CT molecular complexity index is 1310. The number of ether oxygens (including phenoxy) is 1. The topological polar surface area (TPSA) is 91.2 Å². The first-order valence-electron chi connectivity index (χ1n) is 10.6. The number of amides is 2. The zero-order valence-corrected chi connectivity index (χ0v) is 19.9.